The summed E-state index contributed by atoms with van der Waals surface area (Å²) in [4.78, 5) is 27.8. The van der Waals surface area contributed by atoms with E-state index >= 15 is 0 Å². The summed E-state index contributed by atoms with van der Waals surface area (Å²) in [5.41, 5.74) is 7.03. The Morgan fingerprint density at radius 1 is 1.17 bits per heavy atom. The topological polar surface area (TPSA) is 88.4 Å². The molecule has 1 aromatic carbocycles. The molecule has 0 aliphatic heterocycles. The summed E-state index contributed by atoms with van der Waals surface area (Å²) in [5.74, 6) is -0.871. The zero-order valence-corrected chi connectivity index (χ0v) is 17.5. The Morgan fingerprint density at radius 2 is 2.00 bits per heavy atom. The van der Waals surface area contributed by atoms with E-state index in [9.17, 15) is 9.59 Å². The maximum atomic E-state index is 12.0. The molecule has 30 heavy (non-hydrogen) atoms. The van der Waals surface area contributed by atoms with E-state index < -0.39 is 5.91 Å². The Morgan fingerprint density at radius 3 is 2.73 bits per heavy atom. The molecule has 2 aromatic heterocycles. The minimum atomic E-state index is -0.487. The molecule has 0 fully saturated rings. The third-order valence-electron chi connectivity index (χ3n) is 4.46. The first-order valence-corrected chi connectivity index (χ1v) is 9.74. The second kappa shape index (κ2) is 9.84. The van der Waals surface area contributed by atoms with Crippen LogP contribution in [0.3, 0.4) is 0 Å². The zero-order chi connectivity index (χ0) is 21.5. The van der Waals surface area contributed by atoms with Gasteiger partial charge in [-0.2, -0.15) is 5.10 Å². The minimum absolute atomic E-state index is 0.306. The molecule has 0 atom stereocenters. The maximum absolute atomic E-state index is 12.0. The molecule has 0 aliphatic rings. The van der Waals surface area contributed by atoms with Crippen LogP contribution in [-0.2, 0) is 16.1 Å². The molecule has 0 saturated heterocycles. The van der Waals surface area contributed by atoms with E-state index in [1.54, 1.807) is 24.7 Å². The monoisotopic (exact) mass is 423 g/mol. The first kappa shape index (κ1) is 21.3. The van der Waals surface area contributed by atoms with Gasteiger partial charge in [0.25, 0.3) is 0 Å². The lowest BCUT2D eigenvalue weighted by atomic mass is 10.2. The summed E-state index contributed by atoms with van der Waals surface area (Å²) < 4.78 is 2.06. The average molecular weight is 424 g/mol. The molecule has 8 heteroatoms. The fourth-order valence-electron chi connectivity index (χ4n) is 3.06. The fourth-order valence-corrected chi connectivity index (χ4v) is 3.24. The summed E-state index contributed by atoms with van der Waals surface area (Å²) in [6, 6.07) is 13.2. The van der Waals surface area contributed by atoms with Crippen LogP contribution in [0, 0.1) is 13.8 Å². The number of hydrazone groups is 1. The molecule has 0 saturated carbocycles. The summed E-state index contributed by atoms with van der Waals surface area (Å²) >= 11 is 6.10. The van der Waals surface area contributed by atoms with Gasteiger partial charge in [0.2, 0.25) is 11.8 Å². The Balaban J connectivity index is 1.55. The van der Waals surface area contributed by atoms with Crippen molar-refractivity contribution >= 4 is 29.6 Å². The number of aryl methyl sites for hydroxylation is 1. The Hall–Kier alpha value is -3.45. The molecular weight excluding hydrogens is 402 g/mol. The number of aromatic nitrogens is 2. The normalized spacial score (nSPS) is 10.9. The van der Waals surface area contributed by atoms with Gasteiger partial charge in [-0.3, -0.25) is 14.6 Å². The van der Waals surface area contributed by atoms with Crippen LogP contribution in [0.5, 0.6) is 0 Å². The first-order chi connectivity index (χ1) is 14.4. The van der Waals surface area contributed by atoms with Gasteiger partial charge in [0.1, 0.15) is 6.42 Å². The SMILES string of the molecule is Cc1cc(/C=N/NC(=O)CC(=O)NCc2cccnc2)c(C)n1-c1cccc(Cl)c1. The van der Waals surface area contributed by atoms with Crippen LogP contribution in [-0.4, -0.2) is 27.6 Å². The second-order valence-corrected chi connectivity index (χ2v) is 7.19. The van der Waals surface area contributed by atoms with Crippen LogP contribution in [0.15, 0.2) is 60.0 Å². The molecule has 154 valence electrons. The van der Waals surface area contributed by atoms with Crippen molar-refractivity contribution in [3.63, 3.8) is 0 Å². The zero-order valence-electron chi connectivity index (χ0n) is 16.7. The number of hydrogen-bond donors (Lipinski definition) is 2. The quantitative estimate of drug-likeness (QED) is 0.347. The van der Waals surface area contributed by atoms with Crippen molar-refractivity contribution in [3.8, 4) is 5.69 Å². The van der Waals surface area contributed by atoms with Crippen molar-refractivity contribution in [1.82, 2.24) is 20.3 Å². The van der Waals surface area contributed by atoms with E-state index in [2.05, 4.69) is 25.4 Å². The molecule has 2 N–H and O–H groups in total. The summed E-state index contributed by atoms with van der Waals surface area (Å²) in [7, 11) is 0. The fraction of sp³-hybridized carbons (Fsp3) is 0.182. The second-order valence-electron chi connectivity index (χ2n) is 6.75. The third kappa shape index (κ3) is 5.55. The Bertz CT molecular complexity index is 1080. The number of carbonyl (C=O) groups excluding carboxylic acids is 2. The van der Waals surface area contributed by atoms with Crippen LogP contribution in [0.4, 0.5) is 0 Å². The Kier molecular flexibility index (Phi) is 6.98. The lowest BCUT2D eigenvalue weighted by molar-refractivity contribution is -0.129. The number of carbonyl (C=O) groups is 2. The summed E-state index contributed by atoms with van der Waals surface area (Å²) in [5, 5.41) is 7.32. The van der Waals surface area contributed by atoms with Gasteiger partial charge in [0, 0.05) is 46.6 Å². The number of benzene rings is 1. The van der Waals surface area contributed by atoms with Crippen LogP contribution in [0.1, 0.15) is 28.9 Å². The number of pyridine rings is 1. The number of nitrogens with zero attached hydrogens (tertiary/aromatic N) is 3. The maximum Gasteiger partial charge on any atom is 0.249 e. The number of amides is 2. The number of rotatable bonds is 7. The third-order valence-corrected chi connectivity index (χ3v) is 4.70. The highest BCUT2D eigenvalue weighted by Crippen LogP contribution is 2.22. The molecule has 3 rings (SSSR count). The van der Waals surface area contributed by atoms with E-state index in [1.807, 2.05) is 50.2 Å². The minimum Gasteiger partial charge on any atom is -0.352 e. The van der Waals surface area contributed by atoms with E-state index in [0.717, 1.165) is 28.2 Å². The van der Waals surface area contributed by atoms with Gasteiger partial charge in [-0.1, -0.05) is 23.7 Å². The van der Waals surface area contributed by atoms with Gasteiger partial charge in [-0.05, 0) is 49.7 Å². The molecule has 0 spiro atoms. The molecule has 0 bridgehead atoms. The van der Waals surface area contributed by atoms with Gasteiger partial charge in [0.05, 0.1) is 6.21 Å². The molecular formula is C22H22ClN5O2. The number of nitrogens with one attached hydrogen (secondary N) is 2. The van der Waals surface area contributed by atoms with Gasteiger partial charge in [-0.15, -0.1) is 0 Å². The smallest absolute Gasteiger partial charge is 0.249 e. The van der Waals surface area contributed by atoms with Crippen LogP contribution < -0.4 is 10.7 Å². The van der Waals surface area contributed by atoms with E-state index in [-0.39, 0.29) is 12.3 Å². The molecule has 0 radical (unpaired) electrons. The standard InChI is InChI=1S/C22H22ClN5O2/c1-15-9-18(16(2)28(15)20-7-3-6-19(23)10-20)14-26-27-22(30)11-21(29)25-13-17-5-4-8-24-12-17/h3-10,12,14H,11,13H2,1-2H3,(H,25,29)(H,27,30)/b26-14+. The van der Waals surface area contributed by atoms with Crippen molar-refractivity contribution in [2.75, 3.05) is 0 Å². The van der Waals surface area contributed by atoms with Crippen molar-refractivity contribution in [1.29, 1.82) is 0 Å². The van der Waals surface area contributed by atoms with E-state index in [0.29, 0.717) is 11.6 Å². The molecule has 0 aliphatic carbocycles. The van der Waals surface area contributed by atoms with Crippen molar-refractivity contribution in [3.05, 3.63) is 82.4 Å². The first-order valence-electron chi connectivity index (χ1n) is 9.36. The Labute approximate surface area is 179 Å². The van der Waals surface area contributed by atoms with Crippen molar-refractivity contribution in [2.24, 2.45) is 5.10 Å². The molecule has 7 nitrogen and oxygen atoms in total. The van der Waals surface area contributed by atoms with Crippen LogP contribution in [0.25, 0.3) is 5.69 Å². The van der Waals surface area contributed by atoms with Crippen LogP contribution in [0.2, 0.25) is 5.02 Å². The van der Waals surface area contributed by atoms with Crippen molar-refractivity contribution in [2.45, 2.75) is 26.8 Å². The molecule has 2 heterocycles. The predicted molar refractivity (Wildman–Crippen MR) is 117 cm³/mol. The van der Waals surface area contributed by atoms with Crippen molar-refractivity contribution < 1.29 is 9.59 Å². The van der Waals surface area contributed by atoms with Crippen LogP contribution >= 0.6 is 11.6 Å². The van der Waals surface area contributed by atoms with E-state index in [1.165, 1.54) is 0 Å². The predicted octanol–water partition coefficient (Wildman–Crippen LogP) is 3.30. The highest BCUT2D eigenvalue weighted by Gasteiger charge is 2.11. The summed E-state index contributed by atoms with van der Waals surface area (Å²) in [6.07, 6.45) is 4.57. The lowest BCUT2D eigenvalue weighted by Gasteiger charge is -2.09. The van der Waals surface area contributed by atoms with Gasteiger partial charge in [-0.25, -0.2) is 5.43 Å². The molecule has 2 amide bonds. The van der Waals surface area contributed by atoms with Gasteiger partial charge < -0.3 is 9.88 Å². The number of hydrogen-bond acceptors (Lipinski definition) is 4. The number of halogens is 1. The van der Waals surface area contributed by atoms with Gasteiger partial charge in [0.15, 0.2) is 0 Å². The molecule has 0 unspecified atom stereocenters. The van der Waals surface area contributed by atoms with E-state index in [4.69, 9.17) is 11.6 Å². The summed E-state index contributed by atoms with van der Waals surface area (Å²) in [6.45, 7) is 4.26. The average Bonchev–Trinajstić information content (AvgIpc) is 3.00. The highest BCUT2D eigenvalue weighted by atomic mass is 35.5. The highest BCUT2D eigenvalue weighted by molar-refractivity contribution is 6.30. The largest absolute Gasteiger partial charge is 0.352 e. The molecule has 3 aromatic rings. The lowest BCUT2D eigenvalue weighted by Crippen LogP contribution is -2.29. The van der Waals surface area contributed by atoms with Gasteiger partial charge >= 0.3 is 0 Å².